The smallest absolute Gasteiger partial charge is 0.158 e. The summed E-state index contributed by atoms with van der Waals surface area (Å²) >= 11 is 6.15. The van der Waals surface area contributed by atoms with E-state index in [2.05, 4.69) is 20.6 Å². The Labute approximate surface area is 129 Å². The molecule has 0 fully saturated rings. The molecule has 1 aromatic heterocycles. The highest BCUT2D eigenvalue weighted by molar-refractivity contribution is 6.31. The number of halogens is 1. The minimum atomic E-state index is 0.375. The molecule has 6 heteroatoms. The fourth-order valence-electron chi connectivity index (χ4n) is 1.88. The molecule has 0 bridgehead atoms. The summed E-state index contributed by atoms with van der Waals surface area (Å²) in [6.07, 6.45) is 0. The van der Waals surface area contributed by atoms with Crippen molar-refractivity contribution in [3.63, 3.8) is 0 Å². The standard InChI is InChI=1S/C15H19ClN4O/c1-3-17-13-8-14(20-15(19-13)10-21-2)18-9-11-6-4-5-7-12(11)16/h4-8H,3,9-10H2,1-2H3,(H2,17,18,19,20). The van der Waals surface area contributed by atoms with Crippen LogP contribution >= 0.6 is 11.6 Å². The monoisotopic (exact) mass is 306 g/mol. The van der Waals surface area contributed by atoms with Gasteiger partial charge in [0.15, 0.2) is 5.82 Å². The number of rotatable bonds is 7. The third-order valence-electron chi connectivity index (χ3n) is 2.82. The molecule has 0 saturated carbocycles. The second-order valence-electron chi connectivity index (χ2n) is 4.46. The SMILES string of the molecule is CCNc1cc(NCc2ccccc2Cl)nc(COC)n1. The van der Waals surface area contributed by atoms with Crippen molar-refractivity contribution in [2.75, 3.05) is 24.3 Å². The summed E-state index contributed by atoms with van der Waals surface area (Å²) in [5, 5.41) is 7.19. The molecular formula is C15H19ClN4O. The van der Waals surface area contributed by atoms with Gasteiger partial charge in [-0.3, -0.25) is 0 Å². The minimum Gasteiger partial charge on any atom is -0.377 e. The van der Waals surface area contributed by atoms with E-state index < -0.39 is 0 Å². The van der Waals surface area contributed by atoms with E-state index in [0.29, 0.717) is 19.0 Å². The van der Waals surface area contributed by atoms with Crippen molar-refractivity contribution in [1.29, 1.82) is 0 Å². The zero-order valence-electron chi connectivity index (χ0n) is 12.2. The van der Waals surface area contributed by atoms with Crippen molar-refractivity contribution in [2.45, 2.75) is 20.1 Å². The Bertz CT molecular complexity index is 567. The lowest BCUT2D eigenvalue weighted by Gasteiger charge is -2.11. The first kappa shape index (κ1) is 15.5. The van der Waals surface area contributed by atoms with Crippen LogP contribution in [0.3, 0.4) is 0 Å². The fourth-order valence-corrected chi connectivity index (χ4v) is 2.08. The molecule has 2 aromatic rings. The number of benzene rings is 1. The zero-order chi connectivity index (χ0) is 15.1. The Balaban J connectivity index is 2.13. The Kier molecular flexibility index (Phi) is 5.78. The number of ether oxygens (including phenoxy) is 1. The van der Waals surface area contributed by atoms with E-state index in [9.17, 15) is 0 Å². The van der Waals surface area contributed by atoms with Crippen molar-refractivity contribution in [1.82, 2.24) is 9.97 Å². The highest BCUT2D eigenvalue weighted by atomic mass is 35.5. The molecule has 0 aliphatic rings. The van der Waals surface area contributed by atoms with Crippen molar-refractivity contribution < 1.29 is 4.74 Å². The molecular weight excluding hydrogens is 288 g/mol. The number of aromatic nitrogens is 2. The van der Waals surface area contributed by atoms with E-state index in [1.54, 1.807) is 7.11 Å². The van der Waals surface area contributed by atoms with E-state index in [1.807, 2.05) is 37.3 Å². The first-order valence-corrected chi connectivity index (χ1v) is 7.18. The van der Waals surface area contributed by atoms with Gasteiger partial charge in [-0.25, -0.2) is 9.97 Å². The normalized spacial score (nSPS) is 10.4. The number of nitrogens with zero attached hydrogens (tertiary/aromatic N) is 2. The summed E-state index contributed by atoms with van der Waals surface area (Å²) in [5.74, 6) is 2.16. The van der Waals surface area contributed by atoms with Gasteiger partial charge in [-0.15, -0.1) is 0 Å². The van der Waals surface area contributed by atoms with Crippen LogP contribution in [-0.2, 0) is 17.9 Å². The average Bonchev–Trinajstić information content (AvgIpc) is 2.47. The number of anilines is 2. The maximum absolute atomic E-state index is 6.15. The quantitative estimate of drug-likeness (QED) is 0.822. The van der Waals surface area contributed by atoms with Crippen LogP contribution in [0.1, 0.15) is 18.3 Å². The van der Waals surface area contributed by atoms with E-state index in [0.717, 1.165) is 28.8 Å². The van der Waals surface area contributed by atoms with Gasteiger partial charge in [-0.2, -0.15) is 0 Å². The molecule has 2 rings (SSSR count). The van der Waals surface area contributed by atoms with Crippen LogP contribution in [0.2, 0.25) is 5.02 Å². The highest BCUT2D eigenvalue weighted by Crippen LogP contribution is 2.17. The van der Waals surface area contributed by atoms with Gasteiger partial charge in [0.1, 0.15) is 18.2 Å². The van der Waals surface area contributed by atoms with Crippen LogP contribution in [0.15, 0.2) is 30.3 Å². The molecule has 0 atom stereocenters. The van der Waals surface area contributed by atoms with Gasteiger partial charge < -0.3 is 15.4 Å². The minimum absolute atomic E-state index is 0.375. The van der Waals surface area contributed by atoms with Crippen molar-refractivity contribution in [3.8, 4) is 0 Å². The number of nitrogens with one attached hydrogen (secondary N) is 2. The largest absolute Gasteiger partial charge is 0.377 e. The molecule has 0 amide bonds. The Hall–Kier alpha value is -1.85. The topological polar surface area (TPSA) is 59.1 Å². The first-order valence-electron chi connectivity index (χ1n) is 6.81. The van der Waals surface area contributed by atoms with Crippen LogP contribution in [0.4, 0.5) is 11.6 Å². The van der Waals surface area contributed by atoms with Crippen molar-refractivity contribution >= 4 is 23.2 Å². The van der Waals surface area contributed by atoms with Gasteiger partial charge in [-0.1, -0.05) is 29.8 Å². The maximum atomic E-state index is 6.15. The van der Waals surface area contributed by atoms with Crippen LogP contribution < -0.4 is 10.6 Å². The van der Waals surface area contributed by atoms with E-state index >= 15 is 0 Å². The maximum Gasteiger partial charge on any atom is 0.158 e. The highest BCUT2D eigenvalue weighted by Gasteiger charge is 2.05. The summed E-state index contributed by atoms with van der Waals surface area (Å²) in [5.41, 5.74) is 1.02. The molecule has 0 radical (unpaired) electrons. The Morgan fingerprint density at radius 2 is 1.86 bits per heavy atom. The molecule has 0 saturated heterocycles. The molecule has 112 valence electrons. The predicted octanol–water partition coefficient (Wildman–Crippen LogP) is 3.32. The third kappa shape index (κ3) is 4.58. The van der Waals surface area contributed by atoms with Crippen LogP contribution in [0.25, 0.3) is 0 Å². The van der Waals surface area contributed by atoms with E-state index in [4.69, 9.17) is 16.3 Å². The Morgan fingerprint density at radius 1 is 1.14 bits per heavy atom. The van der Waals surface area contributed by atoms with Gasteiger partial charge in [0, 0.05) is 31.3 Å². The summed E-state index contributed by atoms with van der Waals surface area (Å²) in [7, 11) is 1.63. The van der Waals surface area contributed by atoms with Crippen LogP contribution in [-0.4, -0.2) is 23.6 Å². The van der Waals surface area contributed by atoms with Gasteiger partial charge in [0.25, 0.3) is 0 Å². The fraction of sp³-hybridized carbons (Fsp3) is 0.333. The van der Waals surface area contributed by atoms with Gasteiger partial charge in [0.05, 0.1) is 0 Å². The predicted molar refractivity (Wildman–Crippen MR) is 85.7 cm³/mol. The lowest BCUT2D eigenvalue weighted by atomic mass is 10.2. The average molecular weight is 307 g/mol. The van der Waals surface area contributed by atoms with Crippen molar-refractivity contribution in [2.24, 2.45) is 0 Å². The molecule has 0 unspecified atom stereocenters. The summed E-state index contributed by atoms with van der Waals surface area (Å²) in [4.78, 5) is 8.79. The van der Waals surface area contributed by atoms with Gasteiger partial charge >= 0.3 is 0 Å². The molecule has 1 heterocycles. The van der Waals surface area contributed by atoms with Crippen LogP contribution in [0.5, 0.6) is 0 Å². The molecule has 2 N–H and O–H groups in total. The number of methoxy groups -OCH3 is 1. The molecule has 5 nitrogen and oxygen atoms in total. The molecule has 1 aromatic carbocycles. The van der Waals surface area contributed by atoms with Crippen LogP contribution in [0, 0.1) is 0 Å². The second-order valence-corrected chi connectivity index (χ2v) is 4.87. The van der Waals surface area contributed by atoms with Gasteiger partial charge in [-0.05, 0) is 18.6 Å². The molecule has 21 heavy (non-hydrogen) atoms. The second kappa shape index (κ2) is 7.81. The first-order chi connectivity index (χ1) is 10.2. The zero-order valence-corrected chi connectivity index (χ0v) is 12.9. The number of hydrogen-bond acceptors (Lipinski definition) is 5. The Morgan fingerprint density at radius 3 is 2.52 bits per heavy atom. The molecule has 0 spiro atoms. The van der Waals surface area contributed by atoms with E-state index in [1.165, 1.54) is 0 Å². The van der Waals surface area contributed by atoms with Crippen molar-refractivity contribution in [3.05, 3.63) is 46.7 Å². The van der Waals surface area contributed by atoms with E-state index in [-0.39, 0.29) is 0 Å². The summed E-state index contributed by atoms with van der Waals surface area (Å²) in [6, 6.07) is 9.61. The summed E-state index contributed by atoms with van der Waals surface area (Å²) < 4.78 is 5.10. The number of hydrogen-bond donors (Lipinski definition) is 2. The molecule has 0 aliphatic heterocycles. The lowest BCUT2D eigenvalue weighted by Crippen LogP contribution is -2.09. The summed E-state index contributed by atoms with van der Waals surface area (Å²) in [6.45, 7) is 3.80. The lowest BCUT2D eigenvalue weighted by molar-refractivity contribution is 0.178. The third-order valence-corrected chi connectivity index (χ3v) is 3.19. The van der Waals surface area contributed by atoms with Gasteiger partial charge in [0.2, 0.25) is 0 Å². The molecule has 0 aliphatic carbocycles.